The molecule has 3 rings (SSSR count). The van der Waals surface area contributed by atoms with Crippen LogP contribution in [-0.2, 0) is 16.0 Å². The van der Waals surface area contributed by atoms with E-state index in [9.17, 15) is 5.11 Å². The Morgan fingerprint density at radius 1 is 1.08 bits per heavy atom. The average molecular weight is 333 g/mol. The number of benzene rings is 1. The van der Waals surface area contributed by atoms with Crippen LogP contribution in [0.5, 0.6) is 0 Å². The molecule has 2 fully saturated rings. The predicted octanol–water partition coefficient (Wildman–Crippen LogP) is 2.99. The van der Waals surface area contributed by atoms with Gasteiger partial charge in [-0.3, -0.25) is 4.90 Å². The maximum atomic E-state index is 11.0. The fourth-order valence-corrected chi connectivity index (χ4v) is 4.42. The van der Waals surface area contributed by atoms with Crippen LogP contribution in [0.4, 0.5) is 0 Å². The summed E-state index contributed by atoms with van der Waals surface area (Å²) in [5, 5.41) is 11.0. The van der Waals surface area contributed by atoms with Gasteiger partial charge in [0.15, 0.2) is 0 Å². The Hall–Kier alpha value is -0.940. The number of methoxy groups -OCH3 is 1. The minimum absolute atomic E-state index is 0.496. The lowest BCUT2D eigenvalue weighted by molar-refractivity contribution is -0.0645. The first-order valence-corrected chi connectivity index (χ1v) is 9.29. The Labute approximate surface area is 145 Å². The standard InChI is InChI=1S/C20H31NO3/c1-23-12-13-24-11-5-10-20(22)14-18-8-9-19(15-20)21(18)16-17-6-3-2-4-7-17/h2-4,6-7,18-19,22H,5,8-16H2,1H3. The SMILES string of the molecule is COCCOCCCC1(O)CC2CCC(C1)N2Cc1ccccc1. The van der Waals surface area contributed by atoms with Crippen molar-refractivity contribution in [2.75, 3.05) is 26.9 Å². The molecule has 1 aromatic carbocycles. The number of rotatable bonds is 9. The second-order valence-electron chi connectivity index (χ2n) is 7.38. The molecule has 1 aromatic rings. The molecule has 2 heterocycles. The predicted molar refractivity (Wildman–Crippen MR) is 94.9 cm³/mol. The zero-order valence-electron chi connectivity index (χ0n) is 14.8. The van der Waals surface area contributed by atoms with Crippen molar-refractivity contribution in [3.63, 3.8) is 0 Å². The van der Waals surface area contributed by atoms with E-state index in [1.54, 1.807) is 7.11 Å². The van der Waals surface area contributed by atoms with Gasteiger partial charge in [0.1, 0.15) is 0 Å². The number of aliphatic hydroxyl groups is 1. The van der Waals surface area contributed by atoms with Gasteiger partial charge in [0.05, 0.1) is 18.8 Å². The van der Waals surface area contributed by atoms with Crippen LogP contribution < -0.4 is 0 Å². The van der Waals surface area contributed by atoms with E-state index in [2.05, 4.69) is 35.2 Å². The normalized spacial score (nSPS) is 29.9. The topological polar surface area (TPSA) is 41.9 Å². The van der Waals surface area contributed by atoms with Crippen molar-refractivity contribution in [2.45, 2.75) is 62.8 Å². The molecular formula is C20H31NO3. The summed E-state index contributed by atoms with van der Waals surface area (Å²) < 4.78 is 10.5. The molecule has 2 saturated heterocycles. The van der Waals surface area contributed by atoms with Crippen LogP contribution >= 0.6 is 0 Å². The van der Waals surface area contributed by atoms with Crippen LogP contribution in [0.25, 0.3) is 0 Å². The highest BCUT2D eigenvalue weighted by molar-refractivity contribution is 5.16. The van der Waals surface area contributed by atoms with Crippen LogP contribution in [0.15, 0.2) is 30.3 Å². The largest absolute Gasteiger partial charge is 0.390 e. The van der Waals surface area contributed by atoms with Crippen molar-refractivity contribution in [1.29, 1.82) is 0 Å². The molecule has 0 radical (unpaired) electrons. The van der Waals surface area contributed by atoms with E-state index in [0.717, 1.165) is 32.2 Å². The van der Waals surface area contributed by atoms with Gasteiger partial charge in [0.25, 0.3) is 0 Å². The van der Waals surface area contributed by atoms with Crippen LogP contribution in [0.1, 0.15) is 44.1 Å². The Balaban J connectivity index is 1.47. The first kappa shape index (κ1) is 17.9. The van der Waals surface area contributed by atoms with Crippen LogP contribution in [0.2, 0.25) is 0 Å². The second kappa shape index (κ2) is 8.43. The van der Waals surface area contributed by atoms with Crippen molar-refractivity contribution < 1.29 is 14.6 Å². The van der Waals surface area contributed by atoms with Crippen molar-refractivity contribution in [3.05, 3.63) is 35.9 Å². The maximum absolute atomic E-state index is 11.0. The van der Waals surface area contributed by atoms with Crippen LogP contribution in [0.3, 0.4) is 0 Å². The molecule has 2 atom stereocenters. The average Bonchev–Trinajstić information content (AvgIpc) is 2.83. The fraction of sp³-hybridized carbons (Fsp3) is 0.700. The number of nitrogens with zero attached hydrogens (tertiary/aromatic N) is 1. The molecule has 1 N–H and O–H groups in total. The van der Waals surface area contributed by atoms with Crippen molar-refractivity contribution in [2.24, 2.45) is 0 Å². The lowest BCUT2D eigenvalue weighted by Crippen LogP contribution is -2.50. The van der Waals surface area contributed by atoms with Crippen LogP contribution in [-0.4, -0.2) is 54.6 Å². The molecule has 0 spiro atoms. The molecule has 2 aliphatic heterocycles. The summed E-state index contributed by atoms with van der Waals surface area (Å²) in [5.41, 5.74) is 0.885. The quantitative estimate of drug-likeness (QED) is 0.706. The Kier molecular flexibility index (Phi) is 6.28. The molecule has 134 valence electrons. The van der Waals surface area contributed by atoms with Crippen molar-refractivity contribution in [3.8, 4) is 0 Å². The fourth-order valence-electron chi connectivity index (χ4n) is 4.42. The summed E-state index contributed by atoms with van der Waals surface area (Å²) in [6.07, 6.45) is 6.06. The van der Waals surface area contributed by atoms with Gasteiger partial charge in [-0.15, -0.1) is 0 Å². The Morgan fingerprint density at radius 3 is 2.46 bits per heavy atom. The molecule has 0 aromatic heterocycles. The Bertz CT molecular complexity index is 479. The van der Waals surface area contributed by atoms with Gasteiger partial charge in [-0.25, -0.2) is 0 Å². The number of piperidine rings is 1. The van der Waals surface area contributed by atoms with E-state index < -0.39 is 5.60 Å². The van der Waals surface area contributed by atoms with Gasteiger partial charge < -0.3 is 14.6 Å². The highest BCUT2D eigenvalue weighted by Crippen LogP contribution is 2.43. The number of hydrogen-bond acceptors (Lipinski definition) is 4. The van der Waals surface area contributed by atoms with E-state index in [0.29, 0.717) is 31.9 Å². The summed E-state index contributed by atoms with van der Waals surface area (Å²) in [6, 6.07) is 11.8. The van der Waals surface area contributed by atoms with E-state index >= 15 is 0 Å². The summed E-state index contributed by atoms with van der Waals surface area (Å²) in [4.78, 5) is 2.62. The third-order valence-corrected chi connectivity index (χ3v) is 5.57. The van der Waals surface area contributed by atoms with Crippen molar-refractivity contribution in [1.82, 2.24) is 4.90 Å². The highest BCUT2D eigenvalue weighted by atomic mass is 16.5. The van der Waals surface area contributed by atoms with Gasteiger partial charge in [0.2, 0.25) is 0 Å². The van der Waals surface area contributed by atoms with Gasteiger partial charge in [-0.1, -0.05) is 30.3 Å². The Morgan fingerprint density at radius 2 is 1.79 bits per heavy atom. The molecular weight excluding hydrogens is 302 g/mol. The van der Waals surface area contributed by atoms with Gasteiger partial charge >= 0.3 is 0 Å². The monoisotopic (exact) mass is 333 g/mol. The van der Waals surface area contributed by atoms with Gasteiger partial charge in [-0.05, 0) is 44.1 Å². The molecule has 0 amide bonds. The lowest BCUT2D eigenvalue weighted by Gasteiger charge is -2.44. The highest BCUT2D eigenvalue weighted by Gasteiger charge is 2.46. The molecule has 2 unspecified atom stereocenters. The van der Waals surface area contributed by atoms with E-state index in [4.69, 9.17) is 9.47 Å². The maximum Gasteiger partial charge on any atom is 0.0700 e. The third-order valence-electron chi connectivity index (χ3n) is 5.57. The molecule has 2 aliphatic rings. The number of fused-ring (bicyclic) bond motifs is 2. The lowest BCUT2D eigenvalue weighted by atomic mass is 9.82. The van der Waals surface area contributed by atoms with Crippen LogP contribution in [0, 0.1) is 0 Å². The van der Waals surface area contributed by atoms with Crippen molar-refractivity contribution >= 4 is 0 Å². The first-order chi connectivity index (χ1) is 11.7. The zero-order valence-corrected chi connectivity index (χ0v) is 14.8. The number of hydrogen-bond donors (Lipinski definition) is 1. The smallest absolute Gasteiger partial charge is 0.0700 e. The molecule has 2 bridgehead atoms. The minimum atomic E-state index is -0.496. The molecule has 0 aliphatic carbocycles. The summed E-state index contributed by atoms with van der Waals surface area (Å²) >= 11 is 0. The van der Waals surface area contributed by atoms with Gasteiger partial charge in [0, 0.05) is 32.3 Å². The minimum Gasteiger partial charge on any atom is -0.390 e. The first-order valence-electron chi connectivity index (χ1n) is 9.29. The molecule has 4 heteroatoms. The summed E-state index contributed by atoms with van der Waals surface area (Å²) in [6.45, 7) is 3.02. The van der Waals surface area contributed by atoms with E-state index in [1.165, 1.54) is 18.4 Å². The summed E-state index contributed by atoms with van der Waals surface area (Å²) in [7, 11) is 1.69. The third kappa shape index (κ3) is 4.57. The number of ether oxygens (including phenoxy) is 2. The second-order valence-corrected chi connectivity index (χ2v) is 7.38. The zero-order chi connectivity index (χ0) is 16.8. The summed E-state index contributed by atoms with van der Waals surface area (Å²) in [5.74, 6) is 0. The van der Waals surface area contributed by atoms with E-state index in [1.807, 2.05) is 0 Å². The molecule has 4 nitrogen and oxygen atoms in total. The van der Waals surface area contributed by atoms with E-state index in [-0.39, 0.29) is 0 Å². The van der Waals surface area contributed by atoms with Gasteiger partial charge in [-0.2, -0.15) is 0 Å². The molecule has 24 heavy (non-hydrogen) atoms. The molecule has 0 saturated carbocycles.